The van der Waals surface area contributed by atoms with E-state index in [1.54, 1.807) is 11.8 Å². The Kier molecular flexibility index (Phi) is 3.21. The highest BCUT2D eigenvalue weighted by Gasteiger charge is 2.17. The average molecular weight is 237 g/mol. The molecule has 0 aromatic carbocycles. The summed E-state index contributed by atoms with van der Waals surface area (Å²) in [7, 11) is 3.41. The first-order valence-corrected chi connectivity index (χ1v) is 5.20. The molecule has 7 heteroatoms. The molecular weight excluding hydrogens is 222 g/mol. The smallest absolute Gasteiger partial charge is 0.261 e. The molecular formula is C10H15N5O2. The van der Waals surface area contributed by atoms with Crippen LogP contribution in [0.2, 0.25) is 0 Å². The lowest BCUT2D eigenvalue weighted by atomic mass is 10.2. The van der Waals surface area contributed by atoms with E-state index in [2.05, 4.69) is 15.2 Å². The molecule has 0 radical (unpaired) electrons. The number of hydrogen-bond donors (Lipinski definition) is 1. The third-order valence-corrected chi connectivity index (χ3v) is 2.36. The molecule has 0 aliphatic heterocycles. The number of nitrogens with zero attached hydrogens (tertiary/aromatic N) is 4. The summed E-state index contributed by atoms with van der Waals surface area (Å²) in [5.74, 6) is 0.863. The standard InChI is InChI=1S/C10H15N5O2/c1-6-7(4-15(2)13-6)10-12-9(14-17-10)8(11)5-16-3/h4,8H,5,11H2,1-3H3. The lowest BCUT2D eigenvalue weighted by Crippen LogP contribution is -2.17. The maximum atomic E-state index is 5.81. The van der Waals surface area contributed by atoms with Crippen LogP contribution >= 0.6 is 0 Å². The van der Waals surface area contributed by atoms with Gasteiger partial charge in [-0.25, -0.2) is 0 Å². The maximum absolute atomic E-state index is 5.81. The number of ether oxygens (including phenoxy) is 1. The first-order valence-electron chi connectivity index (χ1n) is 5.20. The monoisotopic (exact) mass is 237 g/mol. The highest BCUT2D eigenvalue weighted by Crippen LogP contribution is 2.21. The van der Waals surface area contributed by atoms with Crippen molar-refractivity contribution in [3.05, 3.63) is 17.7 Å². The number of aromatic nitrogens is 4. The molecule has 0 spiro atoms. The van der Waals surface area contributed by atoms with Crippen molar-refractivity contribution in [1.82, 2.24) is 19.9 Å². The number of methoxy groups -OCH3 is 1. The molecule has 0 saturated heterocycles. The van der Waals surface area contributed by atoms with Crippen LogP contribution in [0, 0.1) is 6.92 Å². The average Bonchev–Trinajstić information content (AvgIpc) is 2.85. The first-order chi connectivity index (χ1) is 8.11. The van der Waals surface area contributed by atoms with Crippen molar-refractivity contribution in [3.63, 3.8) is 0 Å². The summed E-state index contributed by atoms with van der Waals surface area (Å²) in [5.41, 5.74) is 7.46. The van der Waals surface area contributed by atoms with Crippen molar-refractivity contribution < 1.29 is 9.26 Å². The summed E-state index contributed by atoms with van der Waals surface area (Å²) < 4.78 is 11.8. The van der Waals surface area contributed by atoms with Gasteiger partial charge in [0.25, 0.3) is 5.89 Å². The van der Waals surface area contributed by atoms with Gasteiger partial charge in [-0.1, -0.05) is 5.16 Å². The van der Waals surface area contributed by atoms with E-state index in [1.165, 1.54) is 0 Å². The number of rotatable bonds is 4. The summed E-state index contributed by atoms with van der Waals surface area (Å²) in [6.07, 6.45) is 1.83. The lowest BCUT2D eigenvalue weighted by molar-refractivity contribution is 0.177. The second-order valence-electron chi connectivity index (χ2n) is 3.82. The summed E-state index contributed by atoms with van der Waals surface area (Å²) in [6.45, 7) is 2.24. The van der Waals surface area contributed by atoms with Gasteiger partial charge in [0.2, 0.25) is 0 Å². The summed E-state index contributed by atoms with van der Waals surface area (Å²) >= 11 is 0. The van der Waals surface area contributed by atoms with Gasteiger partial charge < -0.3 is 15.0 Å². The minimum absolute atomic E-state index is 0.352. The molecule has 1 unspecified atom stereocenters. The van der Waals surface area contributed by atoms with Crippen LogP contribution in [0.3, 0.4) is 0 Å². The third-order valence-electron chi connectivity index (χ3n) is 2.36. The van der Waals surface area contributed by atoms with Crippen LogP contribution in [-0.2, 0) is 11.8 Å². The Bertz CT molecular complexity index is 505. The van der Waals surface area contributed by atoms with E-state index in [0.29, 0.717) is 18.3 Å². The maximum Gasteiger partial charge on any atom is 0.261 e. The van der Waals surface area contributed by atoms with Gasteiger partial charge in [0.15, 0.2) is 5.82 Å². The largest absolute Gasteiger partial charge is 0.383 e. The molecule has 2 heterocycles. The van der Waals surface area contributed by atoms with Crippen LogP contribution < -0.4 is 5.73 Å². The van der Waals surface area contributed by atoms with Crippen LogP contribution in [0.15, 0.2) is 10.7 Å². The Morgan fingerprint density at radius 1 is 1.59 bits per heavy atom. The number of nitrogens with two attached hydrogens (primary N) is 1. The Balaban J connectivity index is 2.26. The minimum atomic E-state index is -0.380. The topological polar surface area (TPSA) is 92.0 Å². The zero-order valence-electron chi connectivity index (χ0n) is 10.0. The fourth-order valence-electron chi connectivity index (χ4n) is 1.56. The van der Waals surface area contributed by atoms with E-state index < -0.39 is 0 Å². The van der Waals surface area contributed by atoms with Gasteiger partial charge in [0.1, 0.15) is 0 Å². The molecule has 2 aromatic heterocycles. The van der Waals surface area contributed by atoms with Crippen molar-refractivity contribution in [2.24, 2.45) is 12.8 Å². The van der Waals surface area contributed by atoms with Gasteiger partial charge in [-0.15, -0.1) is 0 Å². The van der Waals surface area contributed by atoms with Crippen LogP contribution in [0.25, 0.3) is 11.5 Å². The molecule has 0 saturated carbocycles. The van der Waals surface area contributed by atoms with E-state index in [0.717, 1.165) is 11.3 Å². The molecule has 7 nitrogen and oxygen atoms in total. The van der Waals surface area contributed by atoms with Crippen molar-refractivity contribution in [1.29, 1.82) is 0 Å². The van der Waals surface area contributed by atoms with Crippen molar-refractivity contribution in [2.75, 3.05) is 13.7 Å². The quantitative estimate of drug-likeness (QED) is 0.828. The summed E-state index contributed by atoms with van der Waals surface area (Å²) in [4.78, 5) is 4.24. The number of aryl methyl sites for hydroxylation is 2. The summed E-state index contributed by atoms with van der Waals surface area (Å²) in [6, 6.07) is -0.380. The van der Waals surface area contributed by atoms with Gasteiger partial charge >= 0.3 is 0 Å². The van der Waals surface area contributed by atoms with E-state index in [-0.39, 0.29) is 6.04 Å². The molecule has 0 aliphatic carbocycles. The van der Waals surface area contributed by atoms with Crippen LogP contribution in [0.1, 0.15) is 17.6 Å². The normalized spacial score (nSPS) is 12.9. The molecule has 17 heavy (non-hydrogen) atoms. The van der Waals surface area contributed by atoms with Gasteiger partial charge in [0, 0.05) is 20.4 Å². The molecule has 92 valence electrons. The van der Waals surface area contributed by atoms with Crippen molar-refractivity contribution >= 4 is 0 Å². The van der Waals surface area contributed by atoms with E-state index >= 15 is 0 Å². The van der Waals surface area contributed by atoms with E-state index in [4.69, 9.17) is 15.0 Å². The fourth-order valence-corrected chi connectivity index (χ4v) is 1.56. The molecule has 0 bridgehead atoms. The molecule has 2 N–H and O–H groups in total. The zero-order valence-corrected chi connectivity index (χ0v) is 10.0. The molecule has 0 amide bonds. The van der Waals surface area contributed by atoms with Crippen LogP contribution in [-0.4, -0.2) is 33.6 Å². The van der Waals surface area contributed by atoms with Crippen molar-refractivity contribution in [2.45, 2.75) is 13.0 Å². The second kappa shape index (κ2) is 4.64. The predicted molar refractivity (Wildman–Crippen MR) is 60.0 cm³/mol. The highest BCUT2D eigenvalue weighted by atomic mass is 16.5. The number of hydrogen-bond acceptors (Lipinski definition) is 6. The Hall–Kier alpha value is -1.73. The van der Waals surface area contributed by atoms with Crippen LogP contribution in [0.5, 0.6) is 0 Å². The predicted octanol–water partition coefficient (Wildman–Crippen LogP) is 0.425. The molecule has 0 aliphatic rings. The Morgan fingerprint density at radius 2 is 2.35 bits per heavy atom. The summed E-state index contributed by atoms with van der Waals surface area (Å²) in [5, 5.41) is 8.04. The van der Waals surface area contributed by atoms with Gasteiger partial charge in [-0.3, -0.25) is 4.68 Å². The van der Waals surface area contributed by atoms with Gasteiger partial charge in [0.05, 0.1) is 23.9 Å². The first kappa shape index (κ1) is 11.7. The highest BCUT2D eigenvalue weighted by molar-refractivity contribution is 5.54. The molecule has 0 fully saturated rings. The molecule has 2 aromatic rings. The minimum Gasteiger partial charge on any atom is -0.383 e. The zero-order chi connectivity index (χ0) is 12.4. The third kappa shape index (κ3) is 2.34. The SMILES string of the molecule is COCC(N)c1noc(-c2cn(C)nc2C)n1. The van der Waals surface area contributed by atoms with E-state index in [9.17, 15) is 0 Å². The molecule has 1 atom stereocenters. The van der Waals surface area contributed by atoms with E-state index in [1.807, 2.05) is 20.2 Å². The Morgan fingerprint density at radius 3 is 2.94 bits per heavy atom. The Labute approximate surface area is 98.6 Å². The van der Waals surface area contributed by atoms with Gasteiger partial charge in [-0.2, -0.15) is 10.1 Å². The van der Waals surface area contributed by atoms with Gasteiger partial charge in [-0.05, 0) is 6.92 Å². The van der Waals surface area contributed by atoms with Crippen LogP contribution in [0.4, 0.5) is 0 Å². The van der Waals surface area contributed by atoms with Crippen molar-refractivity contribution in [3.8, 4) is 11.5 Å². The molecule has 2 rings (SSSR count). The second-order valence-corrected chi connectivity index (χ2v) is 3.82. The fraction of sp³-hybridized carbons (Fsp3) is 0.500. The lowest BCUT2D eigenvalue weighted by Gasteiger charge is -2.02.